The molecular formula is C31H38N2O6S. The molecule has 9 heteroatoms. The Labute approximate surface area is 237 Å². The monoisotopic (exact) mass is 566 g/mol. The highest BCUT2D eigenvalue weighted by atomic mass is 32.2. The molecule has 0 bridgehead atoms. The molecule has 1 heterocycles. The number of imide groups is 1. The van der Waals surface area contributed by atoms with Crippen molar-refractivity contribution in [2.75, 3.05) is 18.1 Å². The van der Waals surface area contributed by atoms with Gasteiger partial charge in [0.05, 0.1) is 29.2 Å². The molecule has 1 atom stereocenters. The average molecular weight is 567 g/mol. The summed E-state index contributed by atoms with van der Waals surface area (Å²) in [4.78, 5) is 40.3. The smallest absolute Gasteiger partial charge is 0.338 e. The van der Waals surface area contributed by atoms with Crippen LogP contribution in [0.3, 0.4) is 0 Å². The standard InChI is InChI=1S/C31H38N2O6S/c1-6-39-31(36)25-12-14-26(15-13-25)33-28(34)19-27(30(33)35)32(17-16-24-10-8-7-9-11-24)40(37,38)29-22(4)20(2)18-21(3)23(29)5/h10,12-15,18,27H,6-9,11,16-17,19H2,1-5H3. The second-order valence-corrected chi connectivity index (χ2v) is 12.4. The zero-order valence-electron chi connectivity index (χ0n) is 24.0. The first kappa shape index (κ1) is 29.7. The zero-order chi connectivity index (χ0) is 29.2. The minimum Gasteiger partial charge on any atom is -0.462 e. The number of sulfonamides is 1. The Morgan fingerprint density at radius 2 is 1.68 bits per heavy atom. The molecule has 8 nitrogen and oxygen atoms in total. The zero-order valence-corrected chi connectivity index (χ0v) is 24.8. The maximum Gasteiger partial charge on any atom is 0.338 e. The SMILES string of the molecule is CCOC(=O)c1ccc(N2C(=O)CC(N(CCC3=CCCCC3)S(=O)(=O)c3c(C)c(C)cc(C)c3C)C2=O)cc1. The highest BCUT2D eigenvalue weighted by molar-refractivity contribution is 7.89. The molecule has 2 aromatic rings. The lowest BCUT2D eigenvalue weighted by Crippen LogP contribution is -2.46. The van der Waals surface area contributed by atoms with E-state index in [9.17, 15) is 22.8 Å². The Morgan fingerprint density at radius 3 is 2.25 bits per heavy atom. The minimum absolute atomic E-state index is 0.110. The van der Waals surface area contributed by atoms with Crippen molar-refractivity contribution >= 4 is 33.5 Å². The third kappa shape index (κ3) is 5.76. The highest BCUT2D eigenvalue weighted by Crippen LogP contribution is 2.34. The second-order valence-electron chi connectivity index (χ2n) is 10.6. The van der Waals surface area contributed by atoms with E-state index >= 15 is 0 Å². The van der Waals surface area contributed by atoms with E-state index in [1.165, 1.54) is 34.1 Å². The lowest BCUT2D eigenvalue weighted by atomic mass is 9.97. The summed E-state index contributed by atoms with van der Waals surface area (Å²) in [6.45, 7) is 9.38. The van der Waals surface area contributed by atoms with Gasteiger partial charge in [-0.2, -0.15) is 4.31 Å². The summed E-state index contributed by atoms with van der Waals surface area (Å²) >= 11 is 0. The first-order valence-corrected chi connectivity index (χ1v) is 15.3. The number of nitrogens with zero attached hydrogens (tertiary/aromatic N) is 2. The Bertz CT molecular complexity index is 1430. The van der Waals surface area contributed by atoms with Crippen LogP contribution in [-0.4, -0.2) is 49.7 Å². The highest BCUT2D eigenvalue weighted by Gasteiger charge is 2.47. The van der Waals surface area contributed by atoms with Gasteiger partial charge in [0.2, 0.25) is 15.9 Å². The van der Waals surface area contributed by atoms with Crippen molar-refractivity contribution in [3.05, 3.63) is 69.8 Å². The Hall–Kier alpha value is -3.30. The van der Waals surface area contributed by atoms with Crippen molar-refractivity contribution in [2.45, 2.75) is 84.1 Å². The number of allylic oxidation sites excluding steroid dienone is 1. The lowest BCUT2D eigenvalue weighted by molar-refractivity contribution is -0.122. The molecule has 1 aliphatic heterocycles. The number of carbonyl (C=O) groups excluding carboxylic acids is 3. The Morgan fingerprint density at radius 1 is 1.02 bits per heavy atom. The molecule has 40 heavy (non-hydrogen) atoms. The summed E-state index contributed by atoms with van der Waals surface area (Å²) in [5.41, 5.74) is 4.77. The molecule has 214 valence electrons. The first-order chi connectivity index (χ1) is 19.0. The topological polar surface area (TPSA) is 101 Å². The Balaban J connectivity index is 1.72. The first-order valence-electron chi connectivity index (χ1n) is 13.9. The second kappa shape index (κ2) is 12.1. The normalized spacial score (nSPS) is 17.9. The van der Waals surface area contributed by atoms with Crippen LogP contribution in [0.2, 0.25) is 0 Å². The van der Waals surface area contributed by atoms with Gasteiger partial charge in [-0.05, 0) is 113 Å². The molecular weight excluding hydrogens is 528 g/mol. The molecule has 2 amide bonds. The molecule has 0 N–H and O–H groups in total. The summed E-state index contributed by atoms with van der Waals surface area (Å²) in [7, 11) is -4.13. The molecule has 1 unspecified atom stereocenters. The van der Waals surface area contributed by atoms with Crippen molar-refractivity contribution in [1.29, 1.82) is 0 Å². The van der Waals surface area contributed by atoms with Gasteiger partial charge in [-0.3, -0.25) is 9.59 Å². The van der Waals surface area contributed by atoms with Crippen LogP contribution in [0, 0.1) is 27.7 Å². The van der Waals surface area contributed by atoms with Crippen LogP contribution in [0.4, 0.5) is 5.69 Å². The van der Waals surface area contributed by atoms with Gasteiger partial charge in [0.15, 0.2) is 0 Å². The van der Waals surface area contributed by atoms with Gasteiger partial charge in [-0.25, -0.2) is 18.1 Å². The van der Waals surface area contributed by atoms with E-state index in [2.05, 4.69) is 6.08 Å². The van der Waals surface area contributed by atoms with Crippen LogP contribution in [0.15, 0.2) is 46.9 Å². The van der Waals surface area contributed by atoms with Gasteiger partial charge >= 0.3 is 5.97 Å². The number of rotatable bonds is 9. The van der Waals surface area contributed by atoms with Gasteiger partial charge in [0.25, 0.3) is 5.91 Å². The summed E-state index contributed by atoms with van der Waals surface area (Å²) in [6.07, 6.45) is 6.48. The number of anilines is 1. The van der Waals surface area contributed by atoms with Gasteiger partial charge in [-0.15, -0.1) is 0 Å². The number of ether oxygens (including phenoxy) is 1. The van der Waals surface area contributed by atoms with Crippen LogP contribution in [0.5, 0.6) is 0 Å². The lowest BCUT2D eigenvalue weighted by Gasteiger charge is -2.29. The molecule has 1 aliphatic carbocycles. The molecule has 2 aliphatic rings. The predicted octanol–water partition coefficient (Wildman–Crippen LogP) is 5.31. The van der Waals surface area contributed by atoms with Gasteiger partial charge in [0, 0.05) is 6.54 Å². The Kier molecular flexibility index (Phi) is 8.95. The summed E-state index contributed by atoms with van der Waals surface area (Å²) in [6, 6.07) is 6.81. The largest absolute Gasteiger partial charge is 0.462 e. The number of amides is 2. The van der Waals surface area contributed by atoms with Gasteiger partial charge in [-0.1, -0.05) is 17.7 Å². The van der Waals surface area contributed by atoms with Crippen molar-refractivity contribution in [1.82, 2.24) is 4.31 Å². The van der Waals surface area contributed by atoms with E-state index in [-0.39, 0.29) is 30.2 Å². The van der Waals surface area contributed by atoms with Crippen molar-refractivity contribution < 1.29 is 27.5 Å². The molecule has 4 rings (SSSR count). The van der Waals surface area contributed by atoms with Gasteiger partial charge in [0.1, 0.15) is 6.04 Å². The molecule has 0 spiro atoms. The third-order valence-corrected chi connectivity index (χ3v) is 10.2. The molecule has 1 saturated heterocycles. The quantitative estimate of drug-likeness (QED) is 0.232. The molecule has 0 saturated carbocycles. The van der Waals surface area contributed by atoms with Crippen LogP contribution in [0.1, 0.15) is 78.1 Å². The maximum absolute atomic E-state index is 14.4. The summed E-state index contributed by atoms with van der Waals surface area (Å²) < 4.78 is 35.0. The van der Waals surface area contributed by atoms with Crippen LogP contribution in [0.25, 0.3) is 0 Å². The van der Waals surface area contributed by atoms with E-state index in [1.807, 2.05) is 19.9 Å². The molecule has 0 radical (unpaired) electrons. The van der Waals surface area contributed by atoms with Crippen LogP contribution >= 0.6 is 0 Å². The van der Waals surface area contributed by atoms with Crippen LogP contribution < -0.4 is 4.90 Å². The number of hydrogen-bond acceptors (Lipinski definition) is 6. The molecule has 0 aromatic heterocycles. The number of aryl methyl sites for hydroxylation is 2. The molecule has 1 fully saturated rings. The minimum atomic E-state index is -4.13. The molecule has 2 aromatic carbocycles. The van der Waals surface area contributed by atoms with E-state index < -0.39 is 33.8 Å². The summed E-state index contributed by atoms with van der Waals surface area (Å²) in [5, 5.41) is 0. The van der Waals surface area contributed by atoms with Gasteiger partial charge < -0.3 is 4.74 Å². The number of benzene rings is 2. The number of hydrogen-bond donors (Lipinski definition) is 0. The van der Waals surface area contributed by atoms with Crippen molar-refractivity contribution in [2.24, 2.45) is 0 Å². The average Bonchev–Trinajstić information content (AvgIpc) is 3.21. The summed E-state index contributed by atoms with van der Waals surface area (Å²) in [5.74, 6) is -1.57. The van der Waals surface area contributed by atoms with E-state index in [0.717, 1.165) is 41.7 Å². The fourth-order valence-corrected chi connectivity index (χ4v) is 7.75. The van der Waals surface area contributed by atoms with E-state index in [4.69, 9.17) is 4.74 Å². The third-order valence-electron chi connectivity index (χ3n) is 8.01. The van der Waals surface area contributed by atoms with E-state index in [1.54, 1.807) is 20.8 Å². The maximum atomic E-state index is 14.4. The predicted molar refractivity (Wildman–Crippen MR) is 154 cm³/mol. The van der Waals surface area contributed by atoms with E-state index in [0.29, 0.717) is 23.1 Å². The van der Waals surface area contributed by atoms with Crippen molar-refractivity contribution in [3.63, 3.8) is 0 Å². The van der Waals surface area contributed by atoms with Crippen molar-refractivity contribution in [3.8, 4) is 0 Å². The van der Waals surface area contributed by atoms with Crippen LogP contribution in [-0.2, 0) is 24.3 Å². The fraction of sp³-hybridized carbons (Fsp3) is 0.452. The fourth-order valence-electron chi connectivity index (χ4n) is 5.59. The number of carbonyl (C=O) groups is 3. The number of esters is 1.